The fraction of sp³-hybridized carbons (Fsp3) is 0.250. The van der Waals surface area contributed by atoms with Crippen molar-refractivity contribution in [3.8, 4) is 17.3 Å². The van der Waals surface area contributed by atoms with Crippen molar-refractivity contribution in [2.45, 2.75) is 37.7 Å². The normalized spacial score (nSPS) is 21.0. The van der Waals surface area contributed by atoms with Crippen molar-refractivity contribution >= 4 is 16.0 Å². The van der Waals surface area contributed by atoms with Crippen molar-refractivity contribution in [1.82, 2.24) is 14.7 Å². The lowest BCUT2D eigenvalue weighted by Crippen LogP contribution is -2.53. The Morgan fingerprint density at radius 3 is 2.68 bits per heavy atom. The summed E-state index contributed by atoms with van der Waals surface area (Å²) in [4.78, 5) is 12.5. The van der Waals surface area contributed by atoms with Gasteiger partial charge in [-0.05, 0) is 44.5 Å². The van der Waals surface area contributed by atoms with Crippen LogP contribution in [0.5, 0.6) is 0 Å². The zero-order valence-electron chi connectivity index (χ0n) is 19.0. The third-order valence-electron chi connectivity index (χ3n) is 5.16. The lowest BCUT2D eigenvalue weighted by atomic mass is 9.98. The molecule has 1 fully saturated rings. The maximum absolute atomic E-state index is 13.8. The Morgan fingerprint density at radius 2 is 2.12 bits per heavy atom. The second-order valence-electron chi connectivity index (χ2n) is 8.12. The van der Waals surface area contributed by atoms with E-state index in [0.717, 1.165) is 0 Å². The summed E-state index contributed by atoms with van der Waals surface area (Å²) in [5.74, 6) is -0.699. The number of allylic oxidation sites excluding steroid dienone is 2. The molecule has 3 rings (SSSR count). The van der Waals surface area contributed by atoms with Crippen molar-refractivity contribution in [2.75, 3.05) is 0 Å². The van der Waals surface area contributed by atoms with Crippen molar-refractivity contribution in [2.24, 2.45) is 4.99 Å². The number of amidine groups is 1. The molecule has 0 saturated carbocycles. The molecule has 10 heteroatoms. The molecule has 0 radical (unpaired) electrons. The van der Waals surface area contributed by atoms with Gasteiger partial charge in [-0.1, -0.05) is 31.4 Å². The lowest BCUT2D eigenvalue weighted by molar-refractivity contribution is 0.0762. The number of pyridine rings is 2. The second kappa shape index (κ2) is 9.57. The summed E-state index contributed by atoms with van der Waals surface area (Å²) >= 11 is 0. The van der Waals surface area contributed by atoms with Crippen molar-refractivity contribution in [3.63, 3.8) is 0 Å². The third-order valence-corrected chi connectivity index (χ3v) is 7.08. The SMILES string of the molecule is C=C/C=C(\C(=C)F)[C@H](C)N=C1NS(=O)(=O)C(c2ccc(-c3ccnc(C#N)c3)nc2)C(C)(C)O1. The standard InChI is InChI=1S/C24H24FN5O3S/c1-6-7-20(15(2)25)16(3)29-23-30-34(31,32)22(24(4,5)33-23)18-8-9-21(28-14-18)17-10-11-27-19(12-17)13-26/h6-12,14,16,22H,1-2H2,3-5H3,(H,29,30)/b20-7+/t16-,22?/m0/s1. The van der Waals surface area contributed by atoms with E-state index in [2.05, 4.69) is 32.8 Å². The minimum Gasteiger partial charge on any atom is -0.457 e. The number of ether oxygens (including phenoxy) is 1. The predicted octanol–water partition coefficient (Wildman–Crippen LogP) is 4.12. The number of rotatable bonds is 6. The Hall–Kier alpha value is -3.84. The summed E-state index contributed by atoms with van der Waals surface area (Å²) in [6.07, 6.45) is 5.77. The van der Waals surface area contributed by atoms with Crippen LogP contribution in [-0.4, -0.2) is 36.1 Å². The molecule has 34 heavy (non-hydrogen) atoms. The van der Waals surface area contributed by atoms with E-state index in [9.17, 15) is 12.8 Å². The van der Waals surface area contributed by atoms with Gasteiger partial charge in [0.15, 0.2) is 0 Å². The molecule has 0 aromatic carbocycles. The van der Waals surface area contributed by atoms with Gasteiger partial charge < -0.3 is 4.74 Å². The fourth-order valence-electron chi connectivity index (χ4n) is 3.72. The van der Waals surface area contributed by atoms with Crippen LogP contribution < -0.4 is 4.72 Å². The molecule has 1 N–H and O–H groups in total. The number of hydrogen-bond donors (Lipinski definition) is 1. The fourth-order valence-corrected chi connectivity index (χ4v) is 5.47. The molecule has 0 aliphatic carbocycles. The zero-order valence-corrected chi connectivity index (χ0v) is 19.8. The molecule has 176 valence electrons. The summed E-state index contributed by atoms with van der Waals surface area (Å²) in [7, 11) is -3.98. The molecule has 0 bridgehead atoms. The van der Waals surface area contributed by atoms with Gasteiger partial charge in [-0.3, -0.25) is 4.98 Å². The lowest BCUT2D eigenvalue weighted by Gasteiger charge is -2.39. The van der Waals surface area contributed by atoms with Gasteiger partial charge in [-0.25, -0.2) is 27.5 Å². The van der Waals surface area contributed by atoms with Crippen molar-refractivity contribution in [3.05, 3.63) is 84.6 Å². The number of aromatic nitrogens is 2. The molecule has 8 nitrogen and oxygen atoms in total. The quantitative estimate of drug-likeness (QED) is 0.620. The van der Waals surface area contributed by atoms with Crippen LogP contribution >= 0.6 is 0 Å². The zero-order chi connectivity index (χ0) is 25.1. The number of aliphatic imine (C=N–C) groups is 1. The van der Waals surface area contributed by atoms with E-state index in [4.69, 9.17) is 10.00 Å². The van der Waals surface area contributed by atoms with Gasteiger partial charge >= 0.3 is 0 Å². The summed E-state index contributed by atoms with van der Waals surface area (Å²) in [6.45, 7) is 11.7. The van der Waals surface area contributed by atoms with Crippen LogP contribution in [0.25, 0.3) is 11.3 Å². The minimum absolute atomic E-state index is 0.153. The topological polar surface area (TPSA) is 117 Å². The summed E-state index contributed by atoms with van der Waals surface area (Å²) in [6, 6.07) is 7.59. The molecule has 1 aliphatic rings. The first-order valence-electron chi connectivity index (χ1n) is 10.3. The molecule has 2 aromatic heterocycles. The van der Waals surface area contributed by atoms with E-state index in [1.807, 2.05) is 6.07 Å². The third kappa shape index (κ3) is 5.21. The number of nitriles is 1. The Kier molecular flexibility index (Phi) is 6.98. The van der Waals surface area contributed by atoms with Gasteiger partial charge in [0.1, 0.15) is 28.4 Å². The monoisotopic (exact) mass is 481 g/mol. The highest BCUT2D eigenvalue weighted by atomic mass is 32.2. The molecule has 2 atom stereocenters. The van der Waals surface area contributed by atoms with Crippen LogP contribution in [0.1, 0.15) is 37.3 Å². The van der Waals surface area contributed by atoms with Crippen molar-refractivity contribution < 1.29 is 17.5 Å². The van der Waals surface area contributed by atoms with E-state index in [-0.39, 0.29) is 17.3 Å². The van der Waals surface area contributed by atoms with Crippen LogP contribution in [0.4, 0.5) is 4.39 Å². The first-order valence-corrected chi connectivity index (χ1v) is 11.8. The first-order chi connectivity index (χ1) is 16.0. The number of halogens is 1. The van der Waals surface area contributed by atoms with E-state index in [1.54, 1.807) is 45.0 Å². The van der Waals surface area contributed by atoms with Gasteiger partial charge in [-0.15, -0.1) is 0 Å². The molecular formula is C24H24FN5O3S. The van der Waals surface area contributed by atoms with E-state index in [0.29, 0.717) is 16.8 Å². The van der Waals surface area contributed by atoms with E-state index < -0.39 is 32.7 Å². The average Bonchev–Trinajstić information content (AvgIpc) is 2.76. The summed E-state index contributed by atoms with van der Waals surface area (Å²) < 4.78 is 48.4. The Labute approximate surface area is 198 Å². The second-order valence-corrected chi connectivity index (χ2v) is 9.89. The maximum Gasteiger partial charge on any atom is 0.299 e. The van der Waals surface area contributed by atoms with E-state index >= 15 is 0 Å². The van der Waals surface area contributed by atoms with E-state index in [1.165, 1.54) is 24.5 Å². The molecule has 1 saturated heterocycles. The molecule has 3 heterocycles. The predicted molar refractivity (Wildman–Crippen MR) is 128 cm³/mol. The van der Waals surface area contributed by atoms with Crippen LogP contribution in [0.2, 0.25) is 0 Å². The van der Waals surface area contributed by atoms with Crippen LogP contribution in [0, 0.1) is 11.3 Å². The molecular weight excluding hydrogens is 457 g/mol. The highest BCUT2D eigenvalue weighted by Gasteiger charge is 2.48. The van der Waals surface area contributed by atoms with Gasteiger partial charge in [0, 0.05) is 23.5 Å². The van der Waals surface area contributed by atoms with Crippen LogP contribution in [-0.2, 0) is 14.8 Å². The van der Waals surface area contributed by atoms with Crippen molar-refractivity contribution in [1.29, 1.82) is 5.26 Å². The number of hydrogen-bond acceptors (Lipinski definition) is 7. The summed E-state index contributed by atoms with van der Waals surface area (Å²) in [5, 5.41) is 7.94. The smallest absolute Gasteiger partial charge is 0.299 e. The molecule has 0 amide bonds. The molecule has 1 unspecified atom stereocenters. The Bertz CT molecular complexity index is 1330. The number of sulfonamides is 1. The highest BCUT2D eigenvalue weighted by Crippen LogP contribution is 2.39. The van der Waals surface area contributed by atoms with Gasteiger partial charge in [0.05, 0.1) is 11.7 Å². The van der Waals surface area contributed by atoms with Gasteiger partial charge in [0.25, 0.3) is 6.02 Å². The molecule has 2 aromatic rings. The Morgan fingerprint density at radius 1 is 1.38 bits per heavy atom. The first kappa shape index (κ1) is 24.8. The maximum atomic E-state index is 13.8. The number of nitrogens with zero attached hydrogens (tertiary/aromatic N) is 4. The average molecular weight is 482 g/mol. The highest BCUT2D eigenvalue weighted by molar-refractivity contribution is 7.90. The van der Waals surface area contributed by atoms with Crippen LogP contribution in [0.3, 0.4) is 0 Å². The number of nitrogens with one attached hydrogen (secondary N) is 1. The van der Waals surface area contributed by atoms with Gasteiger partial charge in [-0.2, -0.15) is 5.26 Å². The minimum atomic E-state index is -3.98. The molecule has 0 spiro atoms. The van der Waals surface area contributed by atoms with Gasteiger partial charge in [0.2, 0.25) is 10.0 Å². The Balaban J connectivity index is 1.92. The largest absolute Gasteiger partial charge is 0.457 e. The molecule has 1 aliphatic heterocycles. The van der Waals surface area contributed by atoms with Crippen LogP contribution in [0.15, 0.2) is 78.4 Å². The summed E-state index contributed by atoms with van der Waals surface area (Å²) in [5.41, 5.74) is 0.838.